The van der Waals surface area contributed by atoms with Crippen LogP contribution in [0.4, 0.5) is 22.4 Å². The first-order chi connectivity index (χ1) is 18.4. The molecule has 0 bridgehead atoms. The van der Waals surface area contributed by atoms with Gasteiger partial charge in [0.15, 0.2) is 0 Å². The molecule has 0 aromatic heterocycles. The number of carbonyl (C=O) groups excluding carboxylic acids is 3. The summed E-state index contributed by atoms with van der Waals surface area (Å²) in [6, 6.07) is 10.5. The summed E-state index contributed by atoms with van der Waals surface area (Å²) in [5.74, 6) is -1.59. The quantitative estimate of drug-likeness (QED) is 0.492. The van der Waals surface area contributed by atoms with Crippen LogP contribution in [0.2, 0.25) is 0 Å². The molecule has 2 aliphatic rings. The lowest BCUT2D eigenvalue weighted by Gasteiger charge is -2.52. The molecule has 2 aromatic rings. The molecule has 12 heteroatoms. The molecule has 0 radical (unpaired) electrons. The first kappa shape index (κ1) is 28.3. The number of alkyl halides is 3. The molecule has 8 nitrogen and oxygen atoms in total. The first-order valence-corrected chi connectivity index (χ1v) is 12.5. The SMILES string of the molecule is CN(C)CC[C@H]1C(=O)N(Cc2ccccc2)C[C@@H]2N(C(=O)OCc3cc(F)cc(C(F)(F)F)c3)CCC(=O)N21. The minimum atomic E-state index is -4.76. The zero-order valence-corrected chi connectivity index (χ0v) is 21.7. The Balaban J connectivity index is 1.56. The smallest absolute Gasteiger partial charge is 0.416 e. The summed E-state index contributed by atoms with van der Waals surface area (Å²) in [5, 5.41) is 0. The molecular weight excluding hydrogens is 520 g/mol. The van der Waals surface area contributed by atoms with Crippen molar-refractivity contribution in [2.45, 2.75) is 44.4 Å². The maximum Gasteiger partial charge on any atom is 0.416 e. The van der Waals surface area contributed by atoms with Crippen LogP contribution in [-0.4, -0.2) is 83.4 Å². The fourth-order valence-electron chi connectivity index (χ4n) is 4.92. The van der Waals surface area contributed by atoms with Crippen molar-refractivity contribution in [1.29, 1.82) is 0 Å². The third kappa shape index (κ3) is 6.67. The average Bonchev–Trinajstić information content (AvgIpc) is 2.87. The molecule has 0 N–H and O–H groups in total. The molecule has 2 aliphatic heterocycles. The van der Waals surface area contributed by atoms with Gasteiger partial charge in [-0.3, -0.25) is 14.5 Å². The van der Waals surface area contributed by atoms with Crippen molar-refractivity contribution in [2.75, 3.05) is 33.7 Å². The predicted octanol–water partition coefficient (Wildman–Crippen LogP) is 3.70. The van der Waals surface area contributed by atoms with Crippen LogP contribution >= 0.6 is 0 Å². The van der Waals surface area contributed by atoms with Crippen molar-refractivity contribution in [3.05, 3.63) is 71.0 Å². The van der Waals surface area contributed by atoms with E-state index in [0.717, 1.165) is 17.7 Å². The number of fused-ring (bicyclic) bond motifs is 1. The third-order valence-electron chi connectivity index (χ3n) is 6.80. The van der Waals surface area contributed by atoms with E-state index in [9.17, 15) is 31.9 Å². The van der Waals surface area contributed by atoms with E-state index in [4.69, 9.17) is 4.74 Å². The van der Waals surface area contributed by atoms with Crippen molar-refractivity contribution in [3.63, 3.8) is 0 Å². The Kier molecular flexibility index (Phi) is 8.43. The van der Waals surface area contributed by atoms with Gasteiger partial charge in [-0.1, -0.05) is 30.3 Å². The number of piperazine rings is 1. The van der Waals surface area contributed by atoms with E-state index in [1.807, 2.05) is 49.3 Å². The number of ether oxygens (including phenoxy) is 1. The summed E-state index contributed by atoms with van der Waals surface area (Å²) >= 11 is 0. The van der Waals surface area contributed by atoms with Gasteiger partial charge in [0, 0.05) is 19.5 Å². The van der Waals surface area contributed by atoms with Crippen LogP contribution in [0.15, 0.2) is 48.5 Å². The summed E-state index contributed by atoms with van der Waals surface area (Å²) < 4.78 is 58.3. The minimum Gasteiger partial charge on any atom is -0.444 e. The zero-order valence-electron chi connectivity index (χ0n) is 21.7. The molecule has 0 saturated carbocycles. The van der Waals surface area contributed by atoms with Gasteiger partial charge in [-0.15, -0.1) is 0 Å². The fraction of sp³-hybridized carbons (Fsp3) is 0.444. The molecule has 0 spiro atoms. The molecule has 210 valence electrons. The number of amides is 3. The number of hydrogen-bond acceptors (Lipinski definition) is 5. The second-order valence-electron chi connectivity index (χ2n) is 9.94. The van der Waals surface area contributed by atoms with E-state index in [0.29, 0.717) is 19.0 Å². The Labute approximate surface area is 223 Å². The van der Waals surface area contributed by atoms with E-state index in [1.165, 1.54) is 9.80 Å². The Morgan fingerprint density at radius 3 is 2.46 bits per heavy atom. The maximum atomic E-state index is 13.8. The number of carbonyl (C=O) groups is 3. The fourth-order valence-corrected chi connectivity index (χ4v) is 4.92. The van der Waals surface area contributed by atoms with Gasteiger partial charge in [0.2, 0.25) is 11.8 Å². The summed E-state index contributed by atoms with van der Waals surface area (Å²) in [6.45, 7) is 0.281. The van der Waals surface area contributed by atoms with Crippen molar-refractivity contribution in [1.82, 2.24) is 19.6 Å². The van der Waals surface area contributed by atoms with Crippen LogP contribution in [0.25, 0.3) is 0 Å². The second kappa shape index (κ2) is 11.6. The van der Waals surface area contributed by atoms with Crippen molar-refractivity contribution in [2.24, 2.45) is 0 Å². The van der Waals surface area contributed by atoms with Gasteiger partial charge in [-0.2, -0.15) is 13.2 Å². The van der Waals surface area contributed by atoms with E-state index < -0.39 is 42.5 Å². The van der Waals surface area contributed by atoms with E-state index in [1.54, 1.807) is 4.90 Å². The van der Waals surface area contributed by atoms with Gasteiger partial charge in [0.25, 0.3) is 0 Å². The van der Waals surface area contributed by atoms with Crippen molar-refractivity contribution in [3.8, 4) is 0 Å². The average molecular weight is 551 g/mol. The molecule has 2 heterocycles. The van der Waals surface area contributed by atoms with Crippen LogP contribution in [0, 0.1) is 5.82 Å². The van der Waals surface area contributed by atoms with E-state index >= 15 is 0 Å². The number of nitrogens with zero attached hydrogens (tertiary/aromatic N) is 4. The highest BCUT2D eigenvalue weighted by Crippen LogP contribution is 2.31. The lowest BCUT2D eigenvalue weighted by molar-refractivity contribution is -0.169. The lowest BCUT2D eigenvalue weighted by Crippen LogP contribution is -2.71. The zero-order chi connectivity index (χ0) is 28.3. The second-order valence-corrected chi connectivity index (χ2v) is 9.94. The molecule has 3 amide bonds. The minimum absolute atomic E-state index is 0.0174. The van der Waals surface area contributed by atoms with E-state index in [2.05, 4.69) is 0 Å². The van der Waals surface area contributed by atoms with Gasteiger partial charge in [-0.25, -0.2) is 9.18 Å². The van der Waals surface area contributed by atoms with Gasteiger partial charge in [0.1, 0.15) is 24.6 Å². The number of benzene rings is 2. The third-order valence-corrected chi connectivity index (χ3v) is 6.80. The molecule has 2 atom stereocenters. The van der Waals surface area contributed by atoms with Crippen molar-refractivity contribution >= 4 is 17.9 Å². The van der Waals surface area contributed by atoms with Crippen molar-refractivity contribution < 1.29 is 36.7 Å². The normalized spacial score (nSPS) is 19.9. The molecule has 0 unspecified atom stereocenters. The highest BCUT2D eigenvalue weighted by molar-refractivity contribution is 5.90. The lowest BCUT2D eigenvalue weighted by atomic mass is 10.0. The largest absolute Gasteiger partial charge is 0.444 e. The standard InChI is InChI=1S/C27H30F4N4O4/c1-32(2)10-8-22-25(37)33(15-18-6-4-3-5-7-18)16-23-34(11-9-24(36)35(22)23)26(38)39-17-19-12-20(27(29,30)31)14-21(28)13-19/h3-7,12-14,22-23H,8-11,15-17H2,1-2H3/t22-,23+/m0/s1. The number of hydrogen-bond donors (Lipinski definition) is 0. The Bertz CT molecular complexity index is 1210. The Hall–Kier alpha value is -3.67. The molecule has 0 aliphatic carbocycles. The topological polar surface area (TPSA) is 73.4 Å². The Morgan fingerprint density at radius 2 is 1.79 bits per heavy atom. The van der Waals surface area contributed by atoms with Gasteiger partial charge < -0.3 is 19.4 Å². The summed E-state index contributed by atoms with van der Waals surface area (Å²) in [6.07, 6.45) is -6.12. The predicted molar refractivity (Wildman–Crippen MR) is 132 cm³/mol. The van der Waals surface area contributed by atoms with Crippen LogP contribution in [-0.2, 0) is 33.7 Å². The highest BCUT2D eigenvalue weighted by atomic mass is 19.4. The maximum absolute atomic E-state index is 13.8. The Morgan fingerprint density at radius 1 is 1.08 bits per heavy atom. The molecule has 4 rings (SSSR count). The van der Waals surface area contributed by atoms with Crippen LogP contribution < -0.4 is 0 Å². The van der Waals surface area contributed by atoms with Gasteiger partial charge in [0.05, 0.1) is 12.1 Å². The van der Waals surface area contributed by atoms with Gasteiger partial charge in [-0.05, 0) is 56.4 Å². The summed E-state index contributed by atoms with van der Waals surface area (Å²) in [7, 11) is 3.70. The van der Waals surface area contributed by atoms with Crippen LogP contribution in [0.3, 0.4) is 0 Å². The van der Waals surface area contributed by atoms with E-state index in [-0.39, 0.29) is 43.4 Å². The molecule has 39 heavy (non-hydrogen) atoms. The summed E-state index contributed by atoms with van der Waals surface area (Å²) in [4.78, 5) is 46.0. The molecule has 2 aromatic carbocycles. The van der Waals surface area contributed by atoms with Gasteiger partial charge >= 0.3 is 12.3 Å². The summed E-state index contributed by atoms with van der Waals surface area (Å²) in [5.41, 5.74) is -0.461. The van der Waals surface area contributed by atoms with Crippen LogP contribution in [0.1, 0.15) is 29.5 Å². The number of rotatable bonds is 7. The molecule has 2 fully saturated rings. The first-order valence-electron chi connectivity index (χ1n) is 12.5. The highest BCUT2D eigenvalue weighted by Gasteiger charge is 2.49. The monoisotopic (exact) mass is 550 g/mol. The molecular formula is C27H30F4N4O4. The van der Waals surface area contributed by atoms with Crippen LogP contribution in [0.5, 0.6) is 0 Å². The number of halogens is 4. The molecule has 2 saturated heterocycles.